The summed E-state index contributed by atoms with van der Waals surface area (Å²) < 4.78 is 14.5. The van der Waals surface area contributed by atoms with Crippen molar-refractivity contribution in [2.45, 2.75) is 30.0 Å². The van der Waals surface area contributed by atoms with Crippen LogP contribution in [0.4, 0.5) is 0 Å². The van der Waals surface area contributed by atoms with Crippen LogP contribution in [0.1, 0.15) is 13.8 Å². The van der Waals surface area contributed by atoms with Crippen molar-refractivity contribution < 1.29 is 28.3 Å². The van der Waals surface area contributed by atoms with Crippen molar-refractivity contribution in [2.75, 3.05) is 20.8 Å². The van der Waals surface area contributed by atoms with Crippen molar-refractivity contribution in [1.82, 2.24) is 4.90 Å². The van der Waals surface area contributed by atoms with E-state index in [1.165, 1.54) is 30.9 Å². The third kappa shape index (κ3) is 2.44. The molecule has 0 bridgehead atoms. The lowest BCUT2D eigenvalue weighted by molar-refractivity contribution is -0.164. The van der Waals surface area contributed by atoms with E-state index in [1.807, 2.05) is 13.8 Å². The van der Waals surface area contributed by atoms with Gasteiger partial charge < -0.3 is 23.6 Å². The monoisotopic (exact) mass is 323 g/mol. The number of fused-ring (bicyclic) bond motifs is 1. The Morgan fingerprint density at radius 1 is 1.45 bits per heavy atom. The summed E-state index contributed by atoms with van der Waals surface area (Å²) >= 11 is 1.50. The van der Waals surface area contributed by atoms with Gasteiger partial charge in [-0.2, -0.15) is 0 Å². The van der Waals surface area contributed by atoms with Gasteiger partial charge in [0.15, 0.2) is 0 Å². The van der Waals surface area contributed by atoms with Crippen LogP contribution in [0.5, 0.6) is 0 Å². The first-order chi connectivity index (χ1) is 9.37. The van der Waals surface area contributed by atoms with E-state index in [2.05, 4.69) is 0 Å². The average Bonchev–Trinajstić information content (AvgIpc) is 2.65. The van der Waals surface area contributed by atoms with Gasteiger partial charge in [0.25, 0.3) is 0 Å². The molecule has 3 atom stereocenters. The Kier molecular flexibility index (Phi) is 4.61. The van der Waals surface area contributed by atoms with Gasteiger partial charge in [-0.1, -0.05) is 0 Å². The van der Waals surface area contributed by atoms with Crippen LogP contribution in [-0.4, -0.2) is 58.9 Å². The maximum absolute atomic E-state index is 12.3. The molecule has 7 nitrogen and oxygen atoms in total. The summed E-state index contributed by atoms with van der Waals surface area (Å²) in [5.41, 5.74) is 0. The Bertz CT molecular complexity index is 416. The molecule has 2 heterocycles. The van der Waals surface area contributed by atoms with E-state index in [4.69, 9.17) is 13.6 Å². The lowest BCUT2D eigenvalue weighted by Crippen LogP contribution is -2.63. The predicted octanol–water partition coefficient (Wildman–Crippen LogP) is 0.720. The summed E-state index contributed by atoms with van der Waals surface area (Å²) in [6.45, 7) is 3.56. The molecule has 1 amide bonds. The molecule has 0 saturated carbocycles. The number of amides is 1. The van der Waals surface area contributed by atoms with Gasteiger partial charge in [-0.15, -0.1) is 11.8 Å². The first kappa shape index (κ1) is 16.0. The number of carbonyl (C=O) groups is 2. The van der Waals surface area contributed by atoms with E-state index in [0.29, 0.717) is 0 Å². The minimum absolute atomic E-state index is 0.170. The van der Waals surface area contributed by atoms with Crippen LogP contribution in [0.2, 0.25) is 0 Å². The molecule has 0 unspecified atom stereocenters. The van der Waals surface area contributed by atoms with Crippen LogP contribution in [0, 0.1) is 5.92 Å². The molecular formula is C11H18NO6PS. The van der Waals surface area contributed by atoms with Gasteiger partial charge in [-0.3, -0.25) is 4.79 Å². The van der Waals surface area contributed by atoms with Crippen molar-refractivity contribution in [1.29, 1.82) is 0 Å². The van der Waals surface area contributed by atoms with Crippen LogP contribution in [0.15, 0.2) is 0 Å². The quantitative estimate of drug-likeness (QED) is 0.589. The van der Waals surface area contributed by atoms with Gasteiger partial charge in [-0.05, 0) is 13.8 Å². The molecule has 2 saturated heterocycles. The second-order valence-electron chi connectivity index (χ2n) is 5.05. The smallest absolute Gasteiger partial charge is 0.395 e. The highest BCUT2D eigenvalue weighted by Gasteiger charge is 2.64. The molecule has 0 radical (unpaired) electrons. The van der Waals surface area contributed by atoms with E-state index in [9.17, 15) is 14.7 Å². The van der Waals surface area contributed by atoms with Gasteiger partial charge in [0.1, 0.15) is 6.04 Å². The third-order valence-electron chi connectivity index (χ3n) is 3.43. The minimum Gasteiger partial charge on any atom is -0.395 e. The lowest BCUT2D eigenvalue weighted by atomic mass is 9.92. The largest absolute Gasteiger partial charge is 0.398 e. The Morgan fingerprint density at radius 3 is 2.55 bits per heavy atom. The number of nitrogens with zero attached hydrogens (tertiary/aromatic N) is 1. The molecule has 2 rings (SSSR count). The second-order valence-corrected chi connectivity index (χ2v) is 8.18. The SMILES string of the molecule is COP(OC)OC(=O)[C@@H]1N2C(=O)[C@@H](CO)[C@H]2SC1(C)C. The number of rotatable bonds is 5. The van der Waals surface area contributed by atoms with E-state index in [-0.39, 0.29) is 17.9 Å². The summed E-state index contributed by atoms with van der Waals surface area (Å²) in [5, 5.41) is 9.04. The number of aliphatic hydroxyl groups excluding tert-OH is 1. The van der Waals surface area contributed by atoms with Crippen LogP contribution < -0.4 is 0 Å². The zero-order valence-electron chi connectivity index (χ0n) is 11.7. The van der Waals surface area contributed by atoms with E-state index in [1.54, 1.807) is 0 Å². The molecule has 1 N–H and O–H groups in total. The fourth-order valence-corrected chi connectivity index (χ4v) is 4.72. The second kappa shape index (κ2) is 5.77. The number of aliphatic hydroxyl groups is 1. The molecular weight excluding hydrogens is 305 g/mol. The van der Waals surface area contributed by atoms with Crippen LogP contribution in [0.3, 0.4) is 0 Å². The number of hydrogen-bond donors (Lipinski definition) is 1. The average molecular weight is 323 g/mol. The van der Waals surface area contributed by atoms with E-state index in [0.717, 1.165) is 0 Å². The minimum atomic E-state index is -1.74. The zero-order valence-corrected chi connectivity index (χ0v) is 13.4. The van der Waals surface area contributed by atoms with Crippen molar-refractivity contribution in [3.8, 4) is 0 Å². The summed E-state index contributed by atoms with van der Waals surface area (Å²) in [6.07, 6.45) is 0. The molecule has 0 aromatic rings. The van der Waals surface area contributed by atoms with Crippen molar-refractivity contribution in [3.05, 3.63) is 0 Å². The Morgan fingerprint density at radius 2 is 2.05 bits per heavy atom. The first-order valence-electron chi connectivity index (χ1n) is 6.08. The standard InChI is InChI=1S/C11H18NO6PS/c1-11(2)7(10(15)18-19(16-3)17-4)12-8(14)6(5-13)9(12)20-11/h6-7,9,13H,5H2,1-4H3/t6-,7+,9-/m1/s1. The molecule has 9 heteroatoms. The number of β-lactam (4-membered cyclic amide) rings is 1. The Labute approximate surface area is 122 Å². The highest BCUT2D eigenvalue weighted by atomic mass is 32.2. The normalized spacial score (nSPS) is 31.2. The maximum atomic E-state index is 12.3. The molecule has 2 aliphatic rings. The summed E-state index contributed by atoms with van der Waals surface area (Å²) in [6, 6.07) is -0.692. The van der Waals surface area contributed by atoms with Gasteiger partial charge in [0, 0.05) is 19.0 Å². The van der Waals surface area contributed by atoms with Crippen LogP contribution in [0.25, 0.3) is 0 Å². The van der Waals surface area contributed by atoms with Crippen molar-refractivity contribution in [2.24, 2.45) is 5.92 Å². The topological polar surface area (TPSA) is 85.3 Å². The predicted molar refractivity (Wildman–Crippen MR) is 73.7 cm³/mol. The fourth-order valence-electron chi connectivity index (χ4n) is 2.51. The van der Waals surface area contributed by atoms with E-state index >= 15 is 0 Å². The zero-order chi connectivity index (χ0) is 15.1. The van der Waals surface area contributed by atoms with E-state index < -0.39 is 31.3 Å². The summed E-state index contributed by atoms with van der Waals surface area (Å²) in [7, 11) is 1.03. The molecule has 20 heavy (non-hydrogen) atoms. The molecule has 0 aromatic carbocycles. The molecule has 0 spiro atoms. The fraction of sp³-hybridized carbons (Fsp3) is 0.818. The Hall–Kier alpha value is -0.400. The maximum Gasteiger partial charge on any atom is 0.398 e. The third-order valence-corrected chi connectivity index (χ3v) is 5.99. The molecule has 2 aliphatic heterocycles. The Balaban J connectivity index is 2.14. The summed E-state index contributed by atoms with van der Waals surface area (Å²) in [5.74, 6) is -1.18. The van der Waals surface area contributed by atoms with Crippen LogP contribution in [-0.2, 0) is 23.2 Å². The number of hydrogen-bond acceptors (Lipinski definition) is 7. The number of carbonyl (C=O) groups excluding carboxylic acids is 2. The highest BCUT2D eigenvalue weighted by Crippen LogP contribution is 2.54. The molecule has 2 fully saturated rings. The molecule has 0 aromatic heterocycles. The van der Waals surface area contributed by atoms with Crippen molar-refractivity contribution in [3.63, 3.8) is 0 Å². The van der Waals surface area contributed by atoms with Crippen molar-refractivity contribution >= 4 is 32.2 Å². The van der Waals surface area contributed by atoms with Gasteiger partial charge in [0.2, 0.25) is 5.91 Å². The first-order valence-corrected chi connectivity index (χ1v) is 8.06. The van der Waals surface area contributed by atoms with Gasteiger partial charge in [-0.25, -0.2) is 4.79 Å². The van der Waals surface area contributed by atoms with Gasteiger partial charge in [0.05, 0.1) is 17.9 Å². The lowest BCUT2D eigenvalue weighted by Gasteiger charge is -2.43. The van der Waals surface area contributed by atoms with Crippen LogP contribution >= 0.6 is 20.4 Å². The molecule has 114 valence electrons. The highest BCUT2D eigenvalue weighted by molar-refractivity contribution is 8.01. The number of thioether (sulfide) groups is 1. The summed E-state index contributed by atoms with van der Waals surface area (Å²) in [4.78, 5) is 25.8. The molecule has 0 aliphatic carbocycles. The van der Waals surface area contributed by atoms with Gasteiger partial charge >= 0.3 is 14.6 Å².